The molecular formula is C46H64N7O9P. The number of methoxy groups -OCH3 is 3. The van der Waals surface area contributed by atoms with Gasteiger partial charge in [0.1, 0.15) is 35.4 Å². The first kappa shape index (κ1) is 48.0. The Balaban J connectivity index is 1.52. The highest BCUT2D eigenvalue weighted by atomic mass is 31.2. The summed E-state index contributed by atoms with van der Waals surface area (Å²) in [6.45, 7) is 14.3. The van der Waals surface area contributed by atoms with Crippen molar-refractivity contribution in [1.29, 1.82) is 0 Å². The van der Waals surface area contributed by atoms with Crippen molar-refractivity contribution in [3.05, 3.63) is 112 Å². The summed E-state index contributed by atoms with van der Waals surface area (Å²) in [6.07, 6.45) is -1.70. The zero-order valence-electron chi connectivity index (χ0n) is 37.9. The summed E-state index contributed by atoms with van der Waals surface area (Å²) < 4.78 is 55.6. The highest BCUT2D eigenvalue weighted by Gasteiger charge is 2.52. The summed E-state index contributed by atoms with van der Waals surface area (Å²) in [4.78, 5) is 25.6. The van der Waals surface area contributed by atoms with E-state index in [0.717, 1.165) is 16.7 Å². The Hall–Kier alpha value is -4.48. The summed E-state index contributed by atoms with van der Waals surface area (Å²) in [5.41, 5.74) is 7.53. The molecule has 1 aliphatic rings. The van der Waals surface area contributed by atoms with E-state index < -0.39 is 38.7 Å². The fourth-order valence-corrected chi connectivity index (χ4v) is 9.56. The molecule has 3 aromatic carbocycles. The fourth-order valence-electron chi connectivity index (χ4n) is 7.78. The largest absolute Gasteiger partial charge is 0.497 e. The lowest BCUT2D eigenvalue weighted by Crippen LogP contribution is -2.43. The predicted octanol–water partition coefficient (Wildman–Crippen LogP) is 6.85. The van der Waals surface area contributed by atoms with E-state index >= 15 is 0 Å². The number of aromatic amines is 1. The molecular weight excluding hydrogens is 826 g/mol. The number of nitrogens with zero attached hydrogens (tertiary/aromatic N) is 4. The number of nitrogens with one attached hydrogen (secondary N) is 2. The molecule has 63 heavy (non-hydrogen) atoms. The molecule has 1 saturated heterocycles. The topological polar surface area (TPSA) is 179 Å². The van der Waals surface area contributed by atoms with Crippen molar-refractivity contribution in [3.8, 4) is 11.5 Å². The number of H-pyrrole nitrogens is 1. The van der Waals surface area contributed by atoms with Gasteiger partial charge in [-0.1, -0.05) is 68.4 Å². The van der Waals surface area contributed by atoms with Gasteiger partial charge in [-0.05, 0) is 74.6 Å². The Morgan fingerprint density at radius 2 is 1.48 bits per heavy atom. The Labute approximate surface area is 371 Å². The van der Waals surface area contributed by atoms with Crippen molar-refractivity contribution in [1.82, 2.24) is 24.2 Å². The van der Waals surface area contributed by atoms with E-state index in [9.17, 15) is 4.79 Å². The van der Waals surface area contributed by atoms with Gasteiger partial charge in [0.15, 0.2) is 17.4 Å². The SMILES string of the molecule is COCCOC1C(OP(OCCN)N(C(C)C)C(C)C)C(COC(c2ccccc2)(c2ccc(OC)cc2)c2ccc(OC)cc2)OC1n1cnc2c(=O)[nH]c(NCC(C)C)nc21. The normalized spacial score (nSPS) is 18.6. The van der Waals surface area contributed by atoms with Crippen LogP contribution in [0.5, 0.6) is 11.5 Å². The minimum absolute atomic E-state index is 0.00348. The zero-order valence-corrected chi connectivity index (χ0v) is 38.7. The van der Waals surface area contributed by atoms with E-state index in [-0.39, 0.29) is 43.0 Å². The maximum absolute atomic E-state index is 13.4. The van der Waals surface area contributed by atoms with Crippen LogP contribution in [0.4, 0.5) is 5.95 Å². The van der Waals surface area contributed by atoms with Gasteiger partial charge in [-0.3, -0.25) is 14.3 Å². The lowest BCUT2D eigenvalue weighted by molar-refractivity contribution is -0.0966. The molecule has 4 N–H and O–H groups in total. The van der Waals surface area contributed by atoms with Crippen LogP contribution in [-0.2, 0) is 33.6 Å². The van der Waals surface area contributed by atoms with Crippen molar-refractivity contribution < 1.29 is 37.5 Å². The molecule has 17 heteroatoms. The average Bonchev–Trinajstić information content (AvgIpc) is 3.86. The lowest BCUT2D eigenvalue weighted by Gasteiger charge is -2.39. The third-order valence-electron chi connectivity index (χ3n) is 10.7. The molecule has 5 atom stereocenters. The molecule has 5 aromatic rings. The minimum Gasteiger partial charge on any atom is -0.497 e. The minimum atomic E-state index is -1.73. The van der Waals surface area contributed by atoms with Crippen molar-refractivity contribution in [2.75, 3.05) is 66.2 Å². The first-order valence-corrected chi connectivity index (χ1v) is 22.6. The summed E-state index contributed by atoms with van der Waals surface area (Å²) in [5, 5.41) is 3.25. The van der Waals surface area contributed by atoms with Crippen LogP contribution in [0.1, 0.15) is 64.5 Å². The van der Waals surface area contributed by atoms with Gasteiger partial charge in [-0.2, -0.15) is 4.98 Å². The third-order valence-corrected chi connectivity index (χ3v) is 12.8. The zero-order chi connectivity index (χ0) is 45.1. The number of anilines is 1. The van der Waals surface area contributed by atoms with Gasteiger partial charge < -0.3 is 48.5 Å². The Kier molecular flexibility index (Phi) is 17.1. The molecule has 0 saturated carbocycles. The molecule has 1 fully saturated rings. The maximum atomic E-state index is 13.4. The molecule has 0 spiro atoms. The lowest BCUT2D eigenvalue weighted by atomic mass is 9.80. The predicted molar refractivity (Wildman–Crippen MR) is 244 cm³/mol. The van der Waals surface area contributed by atoms with Gasteiger partial charge in [0, 0.05) is 32.3 Å². The standard InChI is InChI=1S/C46H64N7O9P/c1-30(2)27-48-45-50-42-39(43(54)51-45)49-29-52(42)44-41(58-26-25-55-7)40(62-63(60-24-23-47)53(31(3)4)32(5)6)38(61-44)28-59-46(33-13-11-10-12-14-33,34-15-19-36(56-8)20-16-34)35-17-21-37(57-9)22-18-35/h10-22,29-32,38,40-41,44H,23-28,47H2,1-9H3,(H2,48,50,51,54). The van der Waals surface area contributed by atoms with Crippen molar-refractivity contribution in [3.63, 3.8) is 0 Å². The number of hydrogen-bond donors (Lipinski definition) is 3. The van der Waals surface area contributed by atoms with E-state index in [4.69, 9.17) is 48.2 Å². The number of ether oxygens (including phenoxy) is 6. The number of nitrogens with two attached hydrogens (primary N) is 1. The van der Waals surface area contributed by atoms with Crippen LogP contribution in [0, 0.1) is 5.92 Å². The second kappa shape index (κ2) is 22.4. The van der Waals surface area contributed by atoms with Gasteiger partial charge in [0.25, 0.3) is 14.1 Å². The van der Waals surface area contributed by atoms with Crippen molar-refractivity contribution >= 4 is 25.6 Å². The smallest absolute Gasteiger partial charge is 0.280 e. The summed E-state index contributed by atoms with van der Waals surface area (Å²) in [5.74, 6) is 2.03. The Morgan fingerprint density at radius 1 is 0.857 bits per heavy atom. The maximum Gasteiger partial charge on any atom is 0.280 e. The van der Waals surface area contributed by atoms with Crippen LogP contribution in [-0.4, -0.2) is 115 Å². The molecule has 1 aliphatic heterocycles. The van der Waals surface area contributed by atoms with Crippen LogP contribution in [0.2, 0.25) is 0 Å². The molecule has 2 aromatic heterocycles. The number of aromatic nitrogens is 4. The molecule has 6 rings (SSSR count). The first-order chi connectivity index (χ1) is 30.4. The van der Waals surface area contributed by atoms with Crippen LogP contribution >= 0.6 is 8.53 Å². The van der Waals surface area contributed by atoms with Gasteiger partial charge in [0.05, 0.1) is 47.0 Å². The number of imidazole rings is 1. The molecule has 0 amide bonds. The van der Waals surface area contributed by atoms with Crippen LogP contribution < -0.4 is 26.1 Å². The molecule has 342 valence electrons. The molecule has 0 radical (unpaired) electrons. The van der Waals surface area contributed by atoms with Crippen LogP contribution in [0.3, 0.4) is 0 Å². The summed E-state index contributed by atoms with van der Waals surface area (Å²) >= 11 is 0. The van der Waals surface area contributed by atoms with Crippen molar-refractivity contribution in [2.24, 2.45) is 11.7 Å². The monoisotopic (exact) mass is 889 g/mol. The van der Waals surface area contributed by atoms with E-state index in [2.05, 4.69) is 61.5 Å². The summed E-state index contributed by atoms with van der Waals surface area (Å²) in [6, 6.07) is 25.9. The third kappa shape index (κ3) is 11.1. The Bertz CT molecular complexity index is 2150. The average molecular weight is 890 g/mol. The molecule has 5 unspecified atom stereocenters. The van der Waals surface area contributed by atoms with Gasteiger partial charge in [0.2, 0.25) is 5.95 Å². The quantitative estimate of drug-likeness (QED) is 0.0333. The highest BCUT2D eigenvalue weighted by Crippen LogP contribution is 2.51. The van der Waals surface area contributed by atoms with Crippen LogP contribution in [0.15, 0.2) is 90.0 Å². The van der Waals surface area contributed by atoms with E-state index in [0.29, 0.717) is 48.7 Å². The number of fused-ring (bicyclic) bond motifs is 1. The number of benzene rings is 3. The number of hydrogen-bond acceptors (Lipinski definition) is 14. The van der Waals surface area contributed by atoms with E-state index in [1.54, 1.807) is 32.2 Å². The second-order valence-electron chi connectivity index (χ2n) is 16.2. The number of rotatable bonds is 24. The molecule has 0 aliphatic carbocycles. The molecule has 0 bridgehead atoms. The van der Waals surface area contributed by atoms with E-state index in [1.165, 1.54) is 0 Å². The molecule has 16 nitrogen and oxygen atoms in total. The van der Waals surface area contributed by atoms with Crippen molar-refractivity contribution in [2.45, 2.75) is 83.8 Å². The van der Waals surface area contributed by atoms with Crippen LogP contribution in [0.25, 0.3) is 11.2 Å². The fraction of sp³-hybridized carbons (Fsp3) is 0.500. The first-order valence-electron chi connectivity index (χ1n) is 21.5. The van der Waals surface area contributed by atoms with Gasteiger partial charge >= 0.3 is 0 Å². The van der Waals surface area contributed by atoms with E-state index in [1.807, 2.05) is 78.9 Å². The Morgan fingerprint density at radius 3 is 2.03 bits per heavy atom. The van der Waals surface area contributed by atoms with Gasteiger partial charge in [-0.25, -0.2) is 9.65 Å². The summed E-state index contributed by atoms with van der Waals surface area (Å²) in [7, 11) is 3.17. The molecule has 3 heterocycles. The second-order valence-corrected chi connectivity index (χ2v) is 17.6. The highest BCUT2D eigenvalue weighted by molar-refractivity contribution is 7.44. The van der Waals surface area contributed by atoms with Gasteiger partial charge in [-0.15, -0.1) is 0 Å².